The third-order valence-corrected chi connectivity index (χ3v) is 6.97. The van der Waals surface area contributed by atoms with Gasteiger partial charge in [0.25, 0.3) is 0 Å². The van der Waals surface area contributed by atoms with E-state index in [-0.39, 0.29) is 19.1 Å². The molecule has 1 saturated heterocycles. The molecule has 1 atom stereocenters. The van der Waals surface area contributed by atoms with Crippen LogP contribution in [0.2, 0.25) is 0 Å². The summed E-state index contributed by atoms with van der Waals surface area (Å²) >= 11 is 0. The lowest BCUT2D eigenvalue weighted by molar-refractivity contribution is -0.162. The molecule has 2 N–H and O–H groups in total. The first-order valence-electron chi connectivity index (χ1n) is 12.9. The molecule has 0 aliphatic carbocycles. The van der Waals surface area contributed by atoms with E-state index < -0.39 is 18.5 Å². The van der Waals surface area contributed by atoms with Gasteiger partial charge in [0.15, 0.2) is 0 Å². The number of rotatable bonds is 7. The number of imidazole rings is 1. The van der Waals surface area contributed by atoms with Gasteiger partial charge in [-0.1, -0.05) is 6.07 Å². The van der Waals surface area contributed by atoms with Crippen molar-refractivity contribution in [2.45, 2.75) is 25.6 Å². The lowest BCUT2D eigenvalue weighted by atomic mass is 10.1. The number of H-pyrrole nitrogens is 1. The number of alkyl halides is 3. The lowest BCUT2D eigenvalue weighted by Crippen LogP contribution is -2.50. The monoisotopic (exact) mass is 553 g/mol. The van der Waals surface area contributed by atoms with Gasteiger partial charge < -0.3 is 20.1 Å². The largest absolute Gasteiger partial charge is 0.397 e. The molecule has 4 aromatic rings. The summed E-state index contributed by atoms with van der Waals surface area (Å²) in [6.45, 7) is 3.54. The van der Waals surface area contributed by atoms with Crippen molar-refractivity contribution in [1.82, 2.24) is 34.7 Å². The van der Waals surface area contributed by atoms with Crippen molar-refractivity contribution in [3.63, 3.8) is 0 Å². The van der Waals surface area contributed by atoms with Crippen molar-refractivity contribution in [2.75, 3.05) is 50.5 Å². The Morgan fingerprint density at radius 1 is 1.07 bits per heavy atom. The van der Waals surface area contributed by atoms with E-state index in [4.69, 9.17) is 0 Å². The molecular formula is C27H30F3N9O. The van der Waals surface area contributed by atoms with E-state index in [0.717, 1.165) is 33.7 Å². The zero-order chi connectivity index (χ0) is 28.4. The van der Waals surface area contributed by atoms with Gasteiger partial charge in [0.1, 0.15) is 24.4 Å². The summed E-state index contributed by atoms with van der Waals surface area (Å²) < 4.78 is 37.8. The quantitative estimate of drug-likeness (QED) is 0.347. The second-order valence-corrected chi connectivity index (χ2v) is 9.96. The Bertz CT molecular complexity index is 1500. The van der Waals surface area contributed by atoms with Gasteiger partial charge in [-0.2, -0.15) is 13.2 Å². The number of benzene rings is 1. The highest BCUT2D eigenvalue weighted by Gasteiger charge is 2.35. The lowest BCUT2D eigenvalue weighted by Gasteiger charge is -2.38. The average Bonchev–Trinajstić information content (AvgIpc) is 3.33. The van der Waals surface area contributed by atoms with Gasteiger partial charge in [0.2, 0.25) is 11.9 Å². The fourth-order valence-electron chi connectivity index (χ4n) is 4.73. The first-order valence-corrected chi connectivity index (χ1v) is 12.9. The van der Waals surface area contributed by atoms with Crippen LogP contribution in [0.1, 0.15) is 24.9 Å². The van der Waals surface area contributed by atoms with Crippen LogP contribution in [-0.4, -0.2) is 87.1 Å². The molecule has 40 heavy (non-hydrogen) atoms. The number of anilines is 3. The Morgan fingerprint density at radius 3 is 2.58 bits per heavy atom. The van der Waals surface area contributed by atoms with Crippen LogP contribution in [0.15, 0.2) is 48.9 Å². The molecule has 0 radical (unpaired) electrons. The van der Waals surface area contributed by atoms with E-state index in [1.807, 2.05) is 62.3 Å². The van der Waals surface area contributed by atoms with Crippen LogP contribution in [0.25, 0.3) is 22.3 Å². The Kier molecular flexibility index (Phi) is 7.57. The number of carbonyl (C=O) groups excluding carboxylic acids is 1. The molecule has 210 valence electrons. The fraction of sp³-hybridized carbons (Fsp3) is 0.370. The van der Waals surface area contributed by atoms with Gasteiger partial charge in [-0.15, -0.1) is 0 Å². The molecule has 13 heteroatoms. The van der Waals surface area contributed by atoms with Crippen molar-refractivity contribution in [1.29, 1.82) is 0 Å². The van der Waals surface area contributed by atoms with Crippen LogP contribution >= 0.6 is 0 Å². The highest BCUT2D eigenvalue weighted by atomic mass is 19.4. The van der Waals surface area contributed by atoms with Crippen LogP contribution in [0, 0.1) is 0 Å². The minimum atomic E-state index is -4.49. The van der Waals surface area contributed by atoms with E-state index in [1.54, 1.807) is 12.5 Å². The SMILES string of the molecule is CC(c1ccnc(Nc2nc3ccc(-c4cc(N(C)C)ncn4)cc3[nH]2)c1)N1CCN(C(=O)CC(F)(F)F)CC1. The van der Waals surface area contributed by atoms with Crippen LogP contribution < -0.4 is 10.2 Å². The third-order valence-electron chi connectivity index (χ3n) is 6.97. The highest BCUT2D eigenvalue weighted by Crippen LogP contribution is 2.28. The van der Waals surface area contributed by atoms with Gasteiger partial charge in [-0.25, -0.2) is 19.9 Å². The second kappa shape index (κ2) is 11.1. The number of carbonyl (C=O) groups is 1. The predicted octanol–water partition coefficient (Wildman–Crippen LogP) is 4.38. The normalized spacial score (nSPS) is 15.3. The number of hydrogen-bond donors (Lipinski definition) is 2. The number of fused-ring (bicyclic) bond motifs is 1. The van der Waals surface area contributed by atoms with Crippen LogP contribution in [0.4, 0.5) is 30.8 Å². The zero-order valence-electron chi connectivity index (χ0n) is 22.4. The number of hydrogen-bond acceptors (Lipinski definition) is 8. The van der Waals surface area contributed by atoms with Crippen molar-refractivity contribution < 1.29 is 18.0 Å². The summed E-state index contributed by atoms with van der Waals surface area (Å²) in [4.78, 5) is 38.3. The molecule has 0 saturated carbocycles. The third kappa shape index (κ3) is 6.30. The summed E-state index contributed by atoms with van der Waals surface area (Å²) in [7, 11) is 3.85. The number of pyridine rings is 1. The van der Waals surface area contributed by atoms with Crippen LogP contribution in [0.5, 0.6) is 0 Å². The number of amides is 1. The van der Waals surface area contributed by atoms with Crippen molar-refractivity contribution in [3.05, 3.63) is 54.5 Å². The molecule has 1 fully saturated rings. The Labute approximate surface area is 229 Å². The summed E-state index contributed by atoms with van der Waals surface area (Å²) in [5.41, 5.74) is 4.36. The molecule has 10 nitrogen and oxygen atoms in total. The summed E-state index contributed by atoms with van der Waals surface area (Å²) in [5.74, 6) is 1.09. The number of nitrogens with zero attached hydrogens (tertiary/aromatic N) is 7. The number of halogens is 3. The van der Waals surface area contributed by atoms with Gasteiger partial charge in [-0.3, -0.25) is 9.69 Å². The highest BCUT2D eigenvalue weighted by molar-refractivity contribution is 5.83. The first kappa shape index (κ1) is 27.3. The molecular weight excluding hydrogens is 523 g/mol. The summed E-state index contributed by atoms with van der Waals surface area (Å²) in [5, 5.41) is 3.23. The molecule has 1 aliphatic rings. The van der Waals surface area contributed by atoms with Gasteiger partial charge >= 0.3 is 6.18 Å². The minimum absolute atomic E-state index is 0.0124. The van der Waals surface area contributed by atoms with Crippen LogP contribution in [-0.2, 0) is 4.79 Å². The van der Waals surface area contributed by atoms with Gasteiger partial charge in [0, 0.05) is 64.1 Å². The zero-order valence-corrected chi connectivity index (χ0v) is 22.4. The molecule has 3 aromatic heterocycles. The topological polar surface area (TPSA) is 106 Å². The Hall–Kier alpha value is -4.26. The smallest absolute Gasteiger partial charge is 0.363 e. The van der Waals surface area contributed by atoms with Gasteiger partial charge in [-0.05, 0) is 36.8 Å². The second-order valence-electron chi connectivity index (χ2n) is 9.96. The van der Waals surface area contributed by atoms with Crippen molar-refractivity contribution in [3.8, 4) is 11.3 Å². The summed E-state index contributed by atoms with van der Waals surface area (Å²) in [6, 6.07) is 11.6. The standard InChI is InChI=1S/C27H30F3N9O/c1-17(38-8-10-39(11-9-38)25(40)15-27(28,29)30)18-6-7-31-23(13-18)36-26-34-20-5-4-19(12-22(20)35-26)21-14-24(37(2)3)33-16-32-21/h4-7,12-14,16-17H,8-11,15H2,1-3H3,(H2,31,34,35,36). The molecule has 1 amide bonds. The molecule has 5 rings (SSSR count). The molecule has 0 spiro atoms. The molecule has 1 aliphatic heterocycles. The predicted molar refractivity (Wildman–Crippen MR) is 146 cm³/mol. The van der Waals surface area contributed by atoms with E-state index in [9.17, 15) is 18.0 Å². The Balaban J connectivity index is 1.25. The first-order chi connectivity index (χ1) is 19.1. The average molecular weight is 554 g/mol. The van der Waals surface area contributed by atoms with E-state index >= 15 is 0 Å². The minimum Gasteiger partial charge on any atom is -0.363 e. The molecule has 1 unspecified atom stereocenters. The van der Waals surface area contributed by atoms with Crippen molar-refractivity contribution in [2.24, 2.45) is 0 Å². The molecule has 4 heterocycles. The van der Waals surface area contributed by atoms with Crippen molar-refractivity contribution >= 4 is 34.5 Å². The number of piperazine rings is 1. The maximum Gasteiger partial charge on any atom is 0.397 e. The maximum absolute atomic E-state index is 12.6. The van der Waals surface area contributed by atoms with E-state index in [0.29, 0.717) is 24.9 Å². The van der Waals surface area contributed by atoms with E-state index in [1.165, 1.54) is 4.90 Å². The maximum atomic E-state index is 12.6. The van der Waals surface area contributed by atoms with E-state index in [2.05, 4.69) is 35.1 Å². The summed E-state index contributed by atoms with van der Waals surface area (Å²) in [6.07, 6.45) is -2.66. The van der Waals surface area contributed by atoms with Gasteiger partial charge in [0.05, 0.1) is 16.7 Å². The van der Waals surface area contributed by atoms with Crippen LogP contribution in [0.3, 0.4) is 0 Å². The molecule has 1 aromatic carbocycles. The number of nitrogens with one attached hydrogen (secondary N) is 2. The fourth-order valence-corrected chi connectivity index (χ4v) is 4.73. The molecule has 0 bridgehead atoms. The number of aromatic nitrogens is 5. The Morgan fingerprint density at radius 2 is 1.85 bits per heavy atom. The number of aromatic amines is 1.